The second kappa shape index (κ2) is 5.24. The third kappa shape index (κ3) is 3.61. The number of aromatic nitrogens is 1. The smallest absolute Gasteiger partial charge is 0.397 e. The zero-order chi connectivity index (χ0) is 13.9. The van der Waals surface area contributed by atoms with Crippen LogP contribution in [-0.2, 0) is 0 Å². The van der Waals surface area contributed by atoms with E-state index in [0.29, 0.717) is 10.6 Å². The highest BCUT2D eigenvalue weighted by atomic mass is 19.4. The van der Waals surface area contributed by atoms with E-state index in [1.54, 1.807) is 6.92 Å². The zero-order valence-electron chi connectivity index (χ0n) is 10.1. The maximum absolute atomic E-state index is 12.3. The fraction of sp³-hybridized carbons (Fsp3) is 0.455. The van der Waals surface area contributed by atoms with Crippen LogP contribution in [0.1, 0.15) is 23.0 Å². The van der Waals surface area contributed by atoms with Gasteiger partial charge >= 0.3 is 6.18 Å². The summed E-state index contributed by atoms with van der Waals surface area (Å²) in [6.45, 7) is 1.72. The third-order valence-corrected chi connectivity index (χ3v) is 2.38. The Bertz CT molecular complexity index is 446. The average molecular weight is 261 g/mol. The summed E-state index contributed by atoms with van der Waals surface area (Å²) >= 11 is 0. The SMILES string of the molecule is CCN(CC(F)(F)F)C(=O)c1cc(N)cnc1C. The predicted molar refractivity (Wildman–Crippen MR) is 61.0 cm³/mol. The maximum Gasteiger partial charge on any atom is 0.406 e. The second-order valence-electron chi connectivity index (χ2n) is 3.84. The standard InChI is InChI=1S/C11H14F3N3O/c1-3-17(6-11(12,13)14)10(18)9-4-8(15)5-16-7(9)2/h4-5H,3,6,15H2,1-2H3. The van der Waals surface area contributed by atoms with E-state index in [0.717, 1.165) is 0 Å². The first-order valence-corrected chi connectivity index (χ1v) is 5.32. The molecule has 0 spiro atoms. The molecular formula is C11H14F3N3O. The Morgan fingerprint density at radius 3 is 2.61 bits per heavy atom. The quantitative estimate of drug-likeness (QED) is 0.905. The number of anilines is 1. The Labute approximate surface area is 103 Å². The van der Waals surface area contributed by atoms with Crippen LogP contribution < -0.4 is 5.73 Å². The van der Waals surface area contributed by atoms with Gasteiger partial charge in [-0.2, -0.15) is 13.2 Å². The molecule has 18 heavy (non-hydrogen) atoms. The molecule has 1 amide bonds. The minimum atomic E-state index is -4.42. The normalized spacial score (nSPS) is 11.4. The Hall–Kier alpha value is -1.79. The van der Waals surface area contributed by atoms with Crippen molar-refractivity contribution in [3.63, 3.8) is 0 Å². The highest BCUT2D eigenvalue weighted by Crippen LogP contribution is 2.19. The van der Waals surface area contributed by atoms with Gasteiger partial charge in [0, 0.05) is 6.54 Å². The first-order chi connectivity index (χ1) is 8.24. The molecule has 0 saturated carbocycles. The fourth-order valence-electron chi connectivity index (χ4n) is 1.48. The average Bonchev–Trinajstić information content (AvgIpc) is 2.27. The number of nitrogens with two attached hydrogens (primary N) is 1. The molecule has 0 fully saturated rings. The number of nitrogen functional groups attached to an aromatic ring is 1. The fourth-order valence-corrected chi connectivity index (χ4v) is 1.48. The Balaban J connectivity index is 3.00. The van der Waals surface area contributed by atoms with Crippen molar-refractivity contribution in [1.82, 2.24) is 9.88 Å². The number of aryl methyl sites for hydroxylation is 1. The molecule has 1 aromatic rings. The summed E-state index contributed by atoms with van der Waals surface area (Å²) in [6.07, 6.45) is -3.07. The lowest BCUT2D eigenvalue weighted by Gasteiger charge is -2.22. The molecule has 0 aliphatic carbocycles. The van der Waals surface area contributed by atoms with E-state index in [9.17, 15) is 18.0 Å². The number of halogens is 3. The highest BCUT2D eigenvalue weighted by Gasteiger charge is 2.33. The van der Waals surface area contributed by atoms with Crippen LogP contribution in [0.2, 0.25) is 0 Å². The summed E-state index contributed by atoms with van der Waals surface area (Å²) < 4.78 is 36.9. The molecule has 0 aliphatic rings. The van der Waals surface area contributed by atoms with Crippen LogP contribution in [0.25, 0.3) is 0 Å². The van der Waals surface area contributed by atoms with Gasteiger partial charge in [-0.25, -0.2) is 0 Å². The minimum Gasteiger partial charge on any atom is -0.397 e. The van der Waals surface area contributed by atoms with Crippen molar-refractivity contribution < 1.29 is 18.0 Å². The molecule has 0 aromatic carbocycles. The van der Waals surface area contributed by atoms with Gasteiger partial charge in [-0.15, -0.1) is 0 Å². The van der Waals surface area contributed by atoms with E-state index in [-0.39, 0.29) is 17.8 Å². The van der Waals surface area contributed by atoms with Crippen molar-refractivity contribution in [3.05, 3.63) is 23.5 Å². The minimum absolute atomic E-state index is 0.0351. The van der Waals surface area contributed by atoms with Crippen molar-refractivity contribution in [2.24, 2.45) is 0 Å². The van der Waals surface area contributed by atoms with Crippen LogP contribution in [-0.4, -0.2) is 35.1 Å². The predicted octanol–water partition coefficient (Wildman–Crippen LogP) is 2.00. The van der Waals surface area contributed by atoms with E-state index in [1.807, 2.05) is 0 Å². The van der Waals surface area contributed by atoms with Crippen LogP contribution >= 0.6 is 0 Å². The van der Waals surface area contributed by atoms with E-state index in [4.69, 9.17) is 5.73 Å². The summed E-state index contributed by atoms with van der Waals surface area (Å²) in [5, 5.41) is 0. The summed E-state index contributed by atoms with van der Waals surface area (Å²) in [4.78, 5) is 16.5. The lowest BCUT2D eigenvalue weighted by molar-refractivity contribution is -0.140. The summed E-state index contributed by atoms with van der Waals surface area (Å²) in [7, 11) is 0. The number of pyridine rings is 1. The molecule has 0 unspecified atom stereocenters. The summed E-state index contributed by atoms with van der Waals surface area (Å²) in [5.74, 6) is -0.716. The Kier molecular flexibility index (Phi) is 4.15. The van der Waals surface area contributed by atoms with Gasteiger partial charge in [0.25, 0.3) is 5.91 Å². The number of alkyl halides is 3. The van der Waals surface area contributed by atoms with Crippen LogP contribution in [0.4, 0.5) is 18.9 Å². The van der Waals surface area contributed by atoms with Crippen LogP contribution in [0.5, 0.6) is 0 Å². The Morgan fingerprint density at radius 1 is 1.50 bits per heavy atom. The Morgan fingerprint density at radius 2 is 2.11 bits per heavy atom. The van der Waals surface area contributed by atoms with E-state index < -0.39 is 18.6 Å². The molecule has 7 heteroatoms. The molecule has 0 radical (unpaired) electrons. The number of carbonyl (C=O) groups is 1. The highest BCUT2D eigenvalue weighted by molar-refractivity contribution is 5.96. The van der Waals surface area contributed by atoms with Gasteiger partial charge in [-0.3, -0.25) is 9.78 Å². The van der Waals surface area contributed by atoms with Gasteiger partial charge in [0.1, 0.15) is 6.54 Å². The molecule has 4 nitrogen and oxygen atoms in total. The summed E-state index contributed by atoms with van der Waals surface area (Å²) in [6, 6.07) is 1.34. The molecule has 0 aliphatic heterocycles. The number of hydrogen-bond donors (Lipinski definition) is 1. The number of amides is 1. The first-order valence-electron chi connectivity index (χ1n) is 5.32. The molecule has 1 heterocycles. The number of hydrogen-bond acceptors (Lipinski definition) is 3. The van der Waals surface area contributed by atoms with Crippen molar-refractivity contribution >= 4 is 11.6 Å². The van der Waals surface area contributed by atoms with Crippen molar-refractivity contribution in [1.29, 1.82) is 0 Å². The van der Waals surface area contributed by atoms with E-state index in [2.05, 4.69) is 4.98 Å². The third-order valence-electron chi connectivity index (χ3n) is 2.38. The monoisotopic (exact) mass is 261 g/mol. The number of carbonyl (C=O) groups excluding carboxylic acids is 1. The second-order valence-corrected chi connectivity index (χ2v) is 3.84. The lowest BCUT2D eigenvalue weighted by Crippen LogP contribution is -2.39. The first kappa shape index (κ1) is 14.3. The van der Waals surface area contributed by atoms with Gasteiger partial charge in [0.15, 0.2) is 0 Å². The topological polar surface area (TPSA) is 59.2 Å². The van der Waals surface area contributed by atoms with Gasteiger partial charge in [0.05, 0.1) is 23.1 Å². The van der Waals surface area contributed by atoms with Gasteiger partial charge in [-0.05, 0) is 19.9 Å². The molecular weight excluding hydrogens is 247 g/mol. The molecule has 0 bridgehead atoms. The molecule has 0 atom stereocenters. The number of nitrogens with zero attached hydrogens (tertiary/aromatic N) is 2. The van der Waals surface area contributed by atoms with Crippen LogP contribution in [0.15, 0.2) is 12.3 Å². The van der Waals surface area contributed by atoms with Crippen molar-refractivity contribution in [2.75, 3.05) is 18.8 Å². The molecule has 0 saturated heterocycles. The van der Waals surface area contributed by atoms with Gasteiger partial charge in [-0.1, -0.05) is 0 Å². The lowest BCUT2D eigenvalue weighted by atomic mass is 10.1. The molecule has 100 valence electrons. The van der Waals surface area contributed by atoms with Crippen molar-refractivity contribution in [2.45, 2.75) is 20.0 Å². The zero-order valence-corrected chi connectivity index (χ0v) is 10.1. The maximum atomic E-state index is 12.3. The molecule has 2 N–H and O–H groups in total. The summed E-state index contributed by atoms with van der Waals surface area (Å²) in [5.41, 5.74) is 6.18. The van der Waals surface area contributed by atoms with Crippen LogP contribution in [0.3, 0.4) is 0 Å². The largest absolute Gasteiger partial charge is 0.406 e. The number of rotatable bonds is 3. The van der Waals surface area contributed by atoms with Crippen LogP contribution in [0, 0.1) is 6.92 Å². The van der Waals surface area contributed by atoms with Gasteiger partial charge in [0.2, 0.25) is 0 Å². The van der Waals surface area contributed by atoms with Gasteiger partial charge < -0.3 is 10.6 Å². The molecule has 1 aromatic heterocycles. The van der Waals surface area contributed by atoms with Crippen molar-refractivity contribution in [3.8, 4) is 0 Å². The molecule has 1 rings (SSSR count). The van der Waals surface area contributed by atoms with E-state index in [1.165, 1.54) is 19.2 Å². The van der Waals surface area contributed by atoms with E-state index >= 15 is 0 Å².